The second-order valence-corrected chi connectivity index (χ2v) is 4.61. The normalized spacial score (nSPS) is 20.1. The molecule has 18 heavy (non-hydrogen) atoms. The third kappa shape index (κ3) is 2.82. The van der Waals surface area contributed by atoms with Crippen LogP contribution in [0.3, 0.4) is 0 Å². The number of carbonyl (C=O) groups excluding carboxylic acids is 1. The monoisotopic (exact) mass is 249 g/mol. The van der Waals surface area contributed by atoms with Crippen molar-refractivity contribution in [1.29, 1.82) is 0 Å². The van der Waals surface area contributed by atoms with E-state index < -0.39 is 6.10 Å². The number of ether oxygens (including phenoxy) is 1. The molecule has 0 spiro atoms. The standard InChI is InChI=1S/C14H19NO3/c1-10-5-4-6-11(9-16)13(10)18-12-7-2-3-8-15-14(12)17/h4-6,12,16H,2-3,7-9H2,1H3,(H,15,17). The highest BCUT2D eigenvalue weighted by Gasteiger charge is 2.23. The van der Waals surface area contributed by atoms with Gasteiger partial charge < -0.3 is 15.2 Å². The van der Waals surface area contributed by atoms with Crippen LogP contribution in [0, 0.1) is 6.92 Å². The van der Waals surface area contributed by atoms with Crippen molar-refractivity contribution in [1.82, 2.24) is 5.32 Å². The first-order valence-electron chi connectivity index (χ1n) is 6.36. The van der Waals surface area contributed by atoms with Crippen molar-refractivity contribution in [3.8, 4) is 5.75 Å². The van der Waals surface area contributed by atoms with Gasteiger partial charge in [-0.25, -0.2) is 0 Å². The number of aryl methyl sites for hydroxylation is 1. The fourth-order valence-electron chi connectivity index (χ4n) is 2.17. The molecule has 1 atom stereocenters. The minimum atomic E-state index is -0.445. The first-order chi connectivity index (χ1) is 8.72. The van der Waals surface area contributed by atoms with Crippen LogP contribution in [0.5, 0.6) is 5.75 Å². The summed E-state index contributed by atoms with van der Waals surface area (Å²) in [5.41, 5.74) is 1.67. The highest BCUT2D eigenvalue weighted by molar-refractivity contribution is 5.81. The van der Waals surface area contributed by atoms with Crippen molar-refractivity contribution in [2.45, 2.75) is 38.9 Å². The number of rotatable bonds is 3. The van der Waals surface area contributed by atoms with Gasteiger partial charge in [-0.05, 0) is 31.7 Å². The van der Waals surface area contributed by atoms with Crippen LogP contribution >= 0.6 is 0 Å². The number of para-hydroxylation sites is 1. The van der Waals surface area contributed by atoms with E-state index in [4.69, 9.17) is 4.74 Å². The zero-order valence-electron chi connectivity index (χ0n) is 10.6. The third-order valence-electron chi connectivity index (χ3n) is 3.21. The molecule has 4 heteroatoms. The van der Waals surface area contributed by atoms with Crippen LogP contribution in [0.1, 0.15) is 30.4 Å². The van der Waals surface area contributed by atoms with Gasteiger partial charge in [0.1, 0.15) is 5.75 Å². The SMILES string of the molecule is Cc1cccc(CO)c1OC1CCCCNC1=O. The first kappa shape index (κ1) is 12.9. The van der Waals surface area contributed by atoms with Crippen molar-refractivity contribution in [2.24, 2.45) is 0 Å². The molecule has 1 amide bonds. The Hall–Kier alpha value is -1.55. The molecule has 1 unspecified atom stereocenters. The van der Waals surface area contributed by atoms with E-state index >= 15 is 0 Å². The van der Waals surface area contributed by atoms with Crippen LogP contribution < -0.4 is 10.1 Å². The van der Waals surface area contributed by atoms with Gasteiger partial charge in [0, 0.05) is 12.1 Å². The van der Waals surface area contributed by atoms with Crippen LogP contribution in [0.4, 0.5) is 0 Å². The molecule has 1 aromatic rings. The predicted octanol–water partition coefficient (Wildman–Crippen LogP) is 1.53. The Labute approximate surface area is 107 Å². The summed E-state index contributed by atoms with van der Waals surface area (Å²) in [4.78, 5) is 11.8. The summed E-state index contributed by atoms with van der Waals surface area (Å²) in [5, 5.41) is 12.2. The average molecular weight is 249 g/mol. The molecule has 2 N–H and O–H groups in total. The van der Waals surface area contributed by atoms with E-state index in [1.54, 1.807) is 0 Å². The van der Waals surface area contributed by atoms with Crippen molar-refractivity contribution in [3.05, 3.63) is 29.3 Å². The molecule has 4 nitrogen and oxygen atoms in total. The van der Waals surface area contributed by atoms with Gasteiger partial charge >= 0.3 is 0 Å². The van der Waals surface area contributed by atoms with Crippen LogP contribution in [0.15, 0.2) is 18.2 Å². The maximum atomic E-state index is 11.8. The molecule has 1 heterocycles. The molecule has 0 aromatic heterocycles. The number of hydrogen-bond acceptors (Lipinski definition) is 3. The Bertz CT molecular complexity index is 431. The summed E-state index contributed by atoms with van der Waals surface area (Å²) in [6.45, 7) is 2.56. The fourth-order valence-corrected chi connectivity index (χ4v) is 2.17. The summed E-state index contributed by atoms with van der Waals surface area (Å²) in [6, 6.07) is 5.61. The molecule has 0 saturated carbocycles. The Morgan fingerprint density at radius 1 is 1.44 bits per heavy atom. The molecule has 1 saturated heterocycles. The van der Waals surface area contributed by atoms with E-state index in [0.29, 0.717) is 5.75 Å². The lowest BCUT2D eigenvalue weighted by Crippen LogP contribution is -2.36. The van der Waals surface area contributed by atoms with Crippen LogP contribution in [-0.2, 0) is 11.4 Å². The maximum absolute atomic E-state index is 11.8. The summed E-state index contributed by atoms with van der Waals surface area (Å²) >= 11 is 0. The molecule has 1 aromatic carbocycles. The predicted molar refractivity (Wildman–Crippen MR) is 68.4 cm³/mol. The van der Waals surface area contributed by atoms with Crippen LogP contribution in [-0.4, -0.2) is 23.7 Å². The average Bonchev–Trinajstić information content (AvgIpc) is 2.57. The van der Waals surface area contributed by atoms with Crippen molar-refractivity contribution in [3.63, 3.8) is 0 Å². The van der Waals surface area contributed by atoms with Gasteiger partial charge in [0.15, 0.2) is 6.10 Å². The summed E-state index contributed by atoms with van der Waals surface area (Å²) in [6.07, 6.45) is 2.25. The minimum absolute atomic E-state index is 0.0559. The second kappa shape index (κ2) is 5.87. The van der Waals surface area contributed by atoms with E-state index in [1.807, 2.05) is 25.1 Å². The van der Waals surface area contributed by atoms with Gasteiger partial charge in [-0.15, -0.1) is 0 Å². The lowest BCUT2D eigenvalue weighted by atomic mass is 10.1. The van der Waals surface area contributed by atoms with Gasteiger partial charge in [-0.2, -0.15) is 0 Å². The topological polar surface area (TPSA) is 58.6 Å². The molecule has 98 valence electrons. The van der Waals surface area contributed by atoms with Gasteiger partial charge in [0.2, 0.25) is 0 Å². The number of hydrogen-bond donors (Lipinski definition) is 2. The molecular formula is C14H19NO3. The summed E-state index contributed by atoms with van der Waals surface area (Å²) in [5.74, 6) is 0.585. The number of amides is 1. The molecule has 0 bridgehead atoms. The summed E-state index contributed by atoms with van der Waals surface area (Å²) in [7, 11) is 0. The number of nitrogens with one attached hydrogen (secondary N) is 1. The van der Waals surface area contributed by atoms with Gasteiger partial charge in [0.05, 0.1) is 6.61 Å². The number of aliphatic hydroxyl groups is 1. The summed E-state index contributed by atoms with van der Waals surface area (Å²) < 4.78 is 5.83. The largest absolute Gasteiger partial charge is 0.480 e. The highest BCUT2D eigenvalue weighted by Crippen LogP contribution is 2.26. The van der Waals surface area contributed by atoms with E-state index in [2.05, 4.69) is 5.32 Å². The van der Waals surface area contributed by atoms with Crippen molar-refractivity contribution >= 4 is 5.91 Å². The highest BCUT2D eigenvalue weighted by atomic mass is 16.5. The Morgan fingerprint density at radius 2 is 2.28 bits per heavy atom. The minimum Gasteiger partial charge on any atom is -0.480 e. The molecular weight excluding hydrogens is 230 g/mol. The van der Waals surface area contributed by atoms with Gasteiger partial charge in [-0.3, -0.25) is 4.79 Å². The Morgan fingerprint density at radius 3 is 3.06 bits per heavy atom. The van der Waals surface area contributed by atoms with E-state index in [9.17, 15) is 9.90 Å². The van der Waals surface area contributed by atoms with Crippen molar-refractivity contribution < 1.29 is 14.6 Å². The van der Waals surface area contributed by atoms with Crippen LogP contribution in [0.2, 0.25) is 0 Å². The molecule has 1 aliphatic rings. The molecule has 0 aliphatic carbocycles. The number of aliphatic hydroxyl groups excluding tert-OH is 1. The smallest absolute Gasteiger partial charge is 0.261 e. The van der Waals surface area contributed by atoms with Crippen LogP contribution in [0.25, 0.3) is 0 Å². The molecule has 1 aliphatic heterocycles. The lowest BCUT2D eigenvalue weighted by Gasteiger charge is -2.19. The Kier molecular flexibility index (Phi) is 4.20. The second-order valence-electron chi connectivity index (χ2n) is 4.61. The number of benzene rings is 1. The van der Waals surface area contributed by atoms with Gasteiger partial charge in [0.25, 0.3) is 5.91 Å². The van der Waals surface area contributed by atoms with E-state index in [1.165, 1.54) is 0 Å². The fraction of sp³-hybridized carbons (Fsp3) is 0.500. The van der Waals surface area contributed by atoms with E-state index in [0.717, 1.165) is 36.9 Å². The maximum Gasteiger partial charge on any atom is 0.261 e. The Balaban J connectivity index is 2.19. The zero-order chi connectivity index (χ0) is 13.0. The number of carbonyl (C=O) groups is 1. The zero-order valence-corrected chi connectivity index (χ0v) is 10.6. The third-order valence-corrected chi connectivity index (χ3v) is 3.21. The lowest BCUT2D eigenvalue weighted by molar-refractivity contribution is -0.127. The quantitative estimate of drug-likeness (QED) is 0.854. The van der Waals surface area contributed by atoms with Gasteiger partial charge in [-0.1, -0.05) is 18.2 Å². The first-order valence-corrected chi connectivity index (χ1v) is 6.36. The van der Waals surface area contributed by atoms with E-state index in [-0.39, 0.29) is 12.5 Å². The molecule has 2 rings (SSSR count). The molecule has 0 radical (unpaired) electrons. The molecule has 1 fully saturated rings. The van der Waals surface area contributed by atoms with Crippen molar-refractivity contribution in [2.75, 3.05) is 6.54 Å².